The number of hydrogen-bond donors (Lipinski definition) is 1. The molecule has 3 heteroatoms. The van der Waals surface area contributed by atoms with Crippen LogP contribution >= 0.6 is 0 Å². The Bertz CT molecular complexity index is 741. The number of ether oxygens (including phenoxy) is 1. The first kappa shape index (κ1) is 10.6. The number of fused-ring (bicyclic) bond motifs is 1. The molecule has 2 aromatic carbocycles. The monoisotopic (exact) mass is 237 g/mol. The number of H-pyrrole nitrogens is 1. The number of nitrogens with one attached hydrogen (secondary N) is 1. The first-order valence-corrected chi connectivity index (χ1v) is 5.68. The van der Waals surface area contributed by atoms with Crippen LogP contribution in [0.3, 0.4) is 0 Å². The minimum atomic E-state index is -0.231. The molecule has 18 heavy (non-hydrogen) atoms. The Kier molecular flexibility index (Phi) is 2.57. The Hall–Kier alpha value is -2.55. The van der Waals surface area contributed by atoms with Gasteiger partial charge < -0.3 is 9.72 Å². The maximum atomic E-state index is 11.6. The van der Waals surface area contributed by atoms with Crippen LogP contribution in [0.5, 0.6) is 11.5 Å². The lowest BCUT2D eigenvalue weighted by Crippen LogP contribution is -2.06. The summed E-state index contributed by atoms with van der Waals surface area (Å²) in [5.41, 5.74) is -0.231. The van der Waals surface area contributed by atoms with Gasteiger partial charge in [0.2, 0.25) is 0 Å². The van der Waals surface area contributed by atoms with Crippen molar-refractivity contribution in [2.75, 3.05) is 0 Å². The van der Waals surface area contributed by atoms with Gasteiger partial charge >= 0.3 is 0 Å². The molecule has 0 fully saturated rings. The largest absolute Gasteiger partial charge is 0.451 e. The molecule has 3 nitrogen and oxygen atoms in total. The van der Waals surface area contributed by atoms with E-state index in [0.29, 0.717) is 11.5 Å². The summed E-state index contributed by atoms with van der Waals surface area (Å²) in [6.07, 6.45) is 1.58. The predicted octanol–water partition coefficient (Wildman–Crippen LogP) is 3.32. The van der Waals surface area contributed by atoms with Crippen molar-refractivity contribution in [1.29, 1.82) is 0 Å². The van der Waals surface area contributed by atoms with E-state index in [1.165, 1.54) is 0 Å². The number of pyridine rings is 1. The summed E-state index contributed by atoms with van der Waals surface area (Å²) in [6.45, 7) is 0. The first-order chi connectivity index (χ1) is 8.84. The Morgan fingerprint density at radius 1 is 0.833 bits per heavy atom. The van der Waals surface area contributed by atoms with Gasteiger partial charge in [-0.3, -0.25) is 4.79 Å². The molecular formula is C15H11NO2. The van der Waals surface area contributed by atoms with Crippen LogP contribution in [-0.4, -0.2) is 4.98 Å². The van der Waals surface area contributed by atoms with Gasteiger partial charge in [0, 0.05) is 11.6 Å². The van der Waals surface area contributed by atoms with Gasteiger partial charge in [-0.1, -0.05) is 36.4 Å². The van der Waals surface area contributed by atoms with Gasteiger partial charge in [0.1, 0.15) is 5.75 Å². The molecule has 0 atom stereocenters. The van der Waals surface area contributed by atoms with Crippen molar-refractivity contribution in [1.82, 2.24) is 4.98 Å². The quantitative estimate of drug-likeness (QED) is 0.742. The van der Waals surface area contributed by atoms with E-state index in [1.807, 2.05) is 42.5 Å². The fraction of sp³-hybridized carbons (Fsp3) is 0. The van der Waals surface area contributed by atoms with Crippen molar-refractivity contribution >= 4 is 10.8 Å². The van der Waals surface area contributed by atoms with Gasteiger partial charge in [0.25, 0.3) is 5.56 Å². The highest BCUT2D eigenvalue weighted by Crippen LogP contribution is 2.28. The molecule has 0 amide bonds. The summed E-state index contributed by atoms with van der Waals surface area (Å²) in [4.78, 5) is 14.2. The summed E-state index contributed by atoms with van der Waals surface area (Å²) in [5.74, 6) is 0.985. The van der Waals surface area contributed by atoms with Crippen molar-refractivity contribution in [2.24, 2.45) is 0 Å². The smallest absolute Gasteiger partial charge is 0.290 e. The van der Waals surface area contributed by atoms with Crippen molar-refractivity contribution in [2.45, 2.75) is 0 Å². The Morgan fingerprint density at radius 3 is 2.50 bits per heavy atom. The lowest BCUT2D eigenvalue weighted by Gasteiger charge is -2.07. The van der Waals surface area contributed by atoms with Gasteiger partial charge in [-0.2, -0.15) is 0 Å². The van der Waals surface area contributed by atoms with Gasteiger partial charge in [0.05, 0.1) is 0 Å². The molecule has 0 bridgehead atoms. The van der Waals surface area contributed by atoms with E-state index in [9.17, 15) is 4.79 Å². The van der Waals surface area contributed by atoms with Crippen LogP contribution < -0.4 is 10.3 Å². The molecule has 0 saturated carbocycles. The molecule has 0 radical (unpaired) electrons. The highest BCUT2D eigenvalue weighted by atomic mass is 16.5. The minimum Gasteiger partial charge on any atom is -0.451 e. The number of rotatable bonds is 2. The van der Waals surface area contributed by atoms with Gasteiger partial charge in [0.15, 0.2) is 5.75 Å². The average molecular weight is 237 g/mol. The zero-order valence-electron chi connectivity index (χ0n) is 9.59. The second-order valence-electron chi connectivity index (χ2n) is 3.94. The average Bonchev–Trinajstić information content (AvgIpc) is 2.42. The topological polar surface area (TPSA) is 42.1 Å². The van der Waals surface area contributed by atoms with E-state index in [1.54, 1.807) is 18.3 Å². The fourth-order valence-corrected chi connectivity index (χ4v) is 1.89. The van der Waals surface area contributed by atoms with Crippen LogP contribution in [0.2, 0.25) is 0 Å². The molecule has 1 N–H and O–H groups in total. The number of aromatic nitrogens is 1. The van der Waals surface area contributed by atoms with Crippen molar-refractivity contribution in [3.05, 3.63) is 71.1 Å². The van der Waals surface area contributed by atoms with Gasteiger partial charge in [-0.15, -0.1) is 0 Å². The molecule has 1 heterocycles. The summed E-state index contributed by atoms with van der Waals surface area (Å²) < 4.78 is 5.68. The number of hydrogen-bond acceptors (Lipinski definition) is 2. The molecule has 0 spiro atoms. The Labute approximate surface area is 104 Å². The standard InChI is InChI=1S/C15H11NO2/c17-15-14(9-4-10-16-15)18-13-8-3-6-11-5-1-2-7-12(11)13/h1-10H,(H,16,17). The maximum Gasteiger partial charge on any atom is 0.290 e. The molecule has 0 unspecified atom stereocenters. The van der Waals surface area contributed by atoms with Crippen molar-refractivity contribution in [3.63, 3.8) is 0 Å². The Morgan fingerprint density at radius 2 is 1.61 bits per heavy atom. The van der Waals surface area contributed by atoms with E-state index in [2.05, 4.69) is 4.98 Å². The van der Waals surface area contributed by atoms with E-state index < -0.39 is 0 Å². The maximum absolute atomic E-state index is 11.6. The van der Waals surface area contributed by atoms with Gasteiger partial charge in [-0.05, 0) is 23.6 Å². The fourth-order valence-electron chi connectivity index (χ4n) is 1.89. The normalized spacial score (nSPS) is 10.4. The predicted molar refractivity (Wildman–Crippen MR) is 71.1 cm³/mol. The third-order valence-electron chi connectivity index (χ3n) is 2.75. The first-order valence-electron chi connectivity index (χ1n) is 5.68. The van der Waals surface area contributed by atoms with Crippen LogP contribution in [0.1, 0.15) is 0 Å². The summed E-state index contributed by atoms with van der Waals surface area (Å²) in [5, 5.41) is 2.07. The zero-order valence-corrected chi connectivity index (χ0v) is 9.59. The molecule has 0 aliphatic heterocycles. The zero-order chi connectivity index (χ0) is 12.4. The van der Waals surface area contributed by atoms with Crippen LogP contribution in [0.15, 0.2) is 65.6 Å². The Balaban J connectivity index is 2.11. The summed E-state index contributed by atoms with van der Waals surface area (Å²) in [7, 11) is 0. The third-order valence-corrected chi connectivity index (χ3v) is 2.75. The highest BCUT2D eigenvalue weighted by Gasteiger charge is 2.04. The van der Waals surface area contributed by atoms with E-state index in [-0.39, 0.29) is 5.56 Å². The molecule has 1 aromatic heterocycles. The molecule has 0 aliphatic carbocycles. The van der Waals surface area contributed by atoms with Crippen LogP contribution in [0.25, 0.3) is 10.8 Å². The molecule has 0 saturated heterocycles. The third kappa shape index (κ3) is 1.86. The van der Waals surface area contributed by atoms with Gasteiger partial charge in [-0.25, -0.2) is 0 Å². The molecule has 3 aromatic rings. The highest BCUT2D eigenvalue weighted by molar-refractivity contribution is 5.88. The summed E-state index contributed by atoms with van der Waals surface area (Å²) >= 11 is 0. The van der Waals surface area contributed by atoms with Crippen molar-refractivity contribution < 1.29 is 4.74 Å². The lowest BCUT2D eigenvalue weighted by molar-refractivity contribution is 0.480. The number of aromatic amines is 1. The number of benzene rings is 2. The second kappa shape index (κ2) is 4.37. The van der Waals surface area contributed by atoms with Crippen LogP contribution in [0.4, 0.5) is 0 Å². The molecular weight excluding hydrogens is 226 g/mol. The summed E-state index contributed by atoms with van der Waals surface area (Å²) in [6, 6.07) is 17.1. The molecule has 3 rings (SSSR count). The van der Waals surface area contributed by atoms with Crippen LogP contribution in [0, 0.1) is 0 Å². The molecule has 0 aliphatic rings. The van der Waals surface area contributed by atoms with E-state index >= 15 is 0 Å². The van der Waals surface area contributed by atoms with Crippen LogP contribution in [-0.2, 0) is 0 Å². The van der Waals surface area contributed by atoms with E-state index in [0.717, 1.165) is 10.8 Å². The van der Waals surface area contributed by atoms with Crippen molar-refractivity contribution in [3.8, 4) is 11.5 Å². The second-order valence-corrected chi connectivity index (χ2v) is 3.94. The minimum absolute atomic E-state index is 0.231. The molecule has 88 valence electrons. The SMILES string of the molecule is O=c1[nH]cccc1Oc1cccc2ccccc12. The van der Waals surface area contributed by atoms with E-state index in [4.69, 9.17) is 4.74 Å². The lowest BCUT2D eigenvalue weighted by atomic mass is 10.1.